The molecule has 0 radical (unpaired) electrons. The summed E-state index contributed by atoms with van der Waals surface area (Å²) in [7, 11) is -7.33. The maximum absolute atomic E-state index is 12.8. The lowest BCUT2D eigenvalue weighted by Crippen LogP contribution is -2.30. The van der Waals surface area contributed by atoms with Gasteiger partial charge in [0.2, 0.25) is 20.0 Å². The molecule has 0 aliphatic carbocycles. The van der Waals surface area contributed by atoms with Crippen LogP contribution in [0.5, 0.6) is 5.75 Å². The molecule has 1 aromatic carbocycles. The van der Waals surface area contributed by atoms with Crippen LogP contribution >= 0.6 is 0 Å². The summed E-state index contributed by atoms with van der Waals surface area (Å²) in [6.07, 6.45) is 0.321. The summed E-state index contributed by atoms with van der Waals surface area (Å²) >= 11 is 0. The molecular weight excluding hydrogens is 388 g/mol. The average molecular weight is 421 g/mol. The van der Waals surface area contributed by atoms with Gasteiger partial charge in [-0.3, -0.25) is 4.72 Å². The van der Waals surface area contributed by atoms with Gasteiger partial charge in [0.1, 0.15) is 5.75 Å². The number of anilines is 1. The van der Waals surface area contributed by atoms with E-state index in [4.69, 9.17) is 4.74 Å². The number of nitrogens with one attached hydrogen (secondary N) is 1. The highest BCUT2D eigenvalue weighted by Gasteiger charge is 2.24. The molecule has 0 saturated heterocycles. The van der Waals surface area contributed by atoms with Gasteiger partial charge in [0.15, 0.2) is 0 Å². The fourth-order valence-corrected chi connectivity index (χ4v) is 5.29. The Kier molecular flexibility index (Phi) is 8.56. The number of hydrogen-bond acceptors (Lipinski definition) is 5. The van der Waals surface area contributed by atoms with Crippen LogP contribution in [0, 0.1) is 5.92 Å². The molecule has 0 saturated carbocycles. The Labute approximate surface area is 164 Å². The molecule has 0 aliphatic rings. The minimum Gasteiger partial charge on any atom is -0.489 e. The van der Waals surface area contributed by atoms with Gasteiger partial charge in [-0.15, -0.1) is 0 Å². The van der Waals surface area contributed by atoms with Crippen molar-refractivity contribution in [1.29, 1.82) is 0 Å². The zero-order chi connectivity index (χ0) is 20.8. The Morgan fingerprint density at radius 2 is 1.63 bits per heavy atom. The third-order valence-electron chi connectivity index (χ3n) is 3.89. The molecule has 0 bridgehead atoms. The Balaban J connectivity index is 3.33. The second-order valence-corrected chi connectivity index (χ2v) is 10.8. The van der Waals surface area contributed by atoms with E-state index in [9.17, 15) is 16.8 Å². The second-order valence-electron chi connectivity index (χ2n) is 7.02. The third kappa shape index (κ3) is 6.97. The van der Waals surface area contributed by atoms with E-state index in [1.807, 2.05) is 27.7 Å². The molecule has 7 nitrogen and oxygen atoms in total. The van der Waals surface area contributed by atoms with Crippen molar-refractivity contribution in [2.45, 2.75) is 59.0 Å². The van der Waals surface area contributed by atoms with Crippen molar-refractivity contribution >= 4 is 25.7 Å². The summed E-state index contributed by atoms with van der Waals surface area (Å²) in [6.45, 7) is 11.7. The lowest BCUT2D eigenvalue weighted by molar-refractivity contribution is 0.243. The molecule has 0 aliphatic heterocycles. The van der Waals surface area contributed by atoms with E-state index in [2.05, 4.69) is 4.72 Å². The van der Waals surface area contributed by atoms with Gasteiger partial charge >= 0.3 is 0 Å². The van der Waals surface area contributed by atoms with Crippen LogP contribution in [0.4, 0.5) is 5.69 Å². The number of nitrogens with zero attached hydrogens (tertiary/aromatic N) is 1. The fourth-order valence-electron chi connectivity index (χ4n) is 2.43. The SMILES string of the molecule is CCN(CC)S(=O)(=O)c1ccc(OC(C)C)c(NS(=O)(=O)CCC(C)C)c1. The quantitative estimate of drug-likeness (QED) is 0.593. The van der Waals surface area contributed by atoms with Crippen LogP contribution in [0.1, 0.15) is 48.0 Å². The molecule has 0 heterocycles. The van der Waals surface area contributed by atoms with Crippen LogP contribution in [0.2, 0.25) is 0 Å². The first-order valence-electron chi connectivity index (χ1n) is 9.24. The predicted molar refractivity (Wildman–Crippen MR) is 109 cm³/mol. The second kappa shape index (κ2) is 9.75. The van der Waals surface area contributed by atoms with Crippen LogP contribution in [0.15, 0.2) is 23.1 Å². The highest BCUT2D eigenvalue weighted by molar-refractivity contribution is 7.92. The van der Waals surface area contributed by atoms with E-state index in [0.717, 1.165) is 0 Å². The lowest BCUT2D eigenvalue weighted by Gasteiger charge is -2.21. The lowest BCUT2D eigenvalue weighted by atomic mass is 10.2. The molecule has 156 valence electrons. The van der Waals surface area contributed by atoms with Crippen LogP contribution in [0.25, 0.3) is 0 Å². The number of sulfonamides is 2. The van der Waals surface area contributed by atoms with Gasteiger partial charge in [0.05, 0.1) is 22.4 Å². The van der Waals surface area contributed by atoms with E-state index in [-0.39, 0.29) is 28.4 Å². The first-order chi connectivity index (χ1) is 12.4. The topological polar surface area (TPSA) is 92.8 Å². The van der Waals surface area contributed by atoms with E-state index in [0.29, 0.717) is 25.3 Å². The molecular formula is C18H32N2O5S2. The van der Waals surface area contributed by atoms with E-state index < -0.39 is 20.0 Å². The average Bonchev–Trinajstić information content (AvgIpc) is 2.55. The molecule has 1 rings (SSSR count). The highest BCUT2D eigenvalue weighted by Crippen LogP contribution is 2.31. The summed E-state index contributed by atoms with van der Waals surface area (Å²) in [4.78, 5) is 0.0314. The summed E-state index contributed by atoms with van der Waals surface area (Å²) in [6, 6.07) is 4.27. The normalized spacial score (nSPS) is 12.8. The predicted octanol–water partition coefficient (Wildman–Crippen LogP) is 3.29. The van der Waals surface area contributed by atoms with E-state index in [1.165, 1.54) is 22.5 Å². The Morgan fingerprint density at radius 1 is 1.04 bits per heavy atom. The zero-order valence-corrected chi connectivity index (χ0v) is 18.7. The number of ether oxygens (including phenoxy) is 1. The maximum atomic E-state index is 12.8. The molecule has 0 atom stereocenters. The summed E-state index contributed by atoms with van der Waals surface area (Å²) < 4.78 is 59.9. The van der Waals surface area contributed by atoms with Gasteiger partial charge in [0, 0.05) is 13.1 Å². The molecule has 0 amide bonds. The third-order valence-corrected chi connectivity index (χ3v) is 7.24. The van der Waals surface area contributed by atoms with Crippen molar-refractivity contribution in [1.82, 2.24) is 4.31 Å². The Morgan fingerprint density at radius 3 is 2.11 bits per heavy atom. The molecule has 9 heteroatoms. The number of rotatable bonds is 11. The standard InChI is InChI=1S/C18H32N2O5S2/c1-7-20(8-2)27(23,24)16-9-10-18(25-15(5)6)17(13-16)19-26(21,22)12-11-14(3)4/h9-10,13-15,19H,7-8,11-12H2,1-6H3. The van der Waals surface area contributed by atoms with Crippen LogP contribution in [-0.4, -0.2) is 46.1 Å². The summed E-state index contributed by atoms with van der Waals surface area (Å²) in [5, 5.41) is 0. The molecule has 1 N–H and O–H groups in total. The van der Waals surface area contributed by atoms with E-state index >= 15 is 0 Å². The van der Waals surface area contributed by atoms with Crippen LogP contribution in [0.3, 0.4) is 0 Å². The van der Waals surface area contributed by atoms with Gasteiger partial charge in [-0.1, -0.05) is 27.7 Å². The summed E-state index contributed by atoms with van der Waals surface area (Å²) in [5.41, 5.74) is 0.140. The van der Waals surface area contributed by atoms with Crippen LogP contribution in [-0.2, 0) is 20.0 Å². The van der Waals surface area contributed by atoms with Gasteiger partial charge < -0.3 is 4.74 Å². The maximum Gasteiger partial charge on any atom is 0.243 e. The van der Waals surface area contributed by atoms with Crippen molar-refractivity contribution in [3.8, 4) is 5.75 Å². The molecule has 0 aromatic heterocycles. The first-order valence-corrected chi connectivity index (χ1v) is 12.3. The van der Waals surface area contributed by atoms with E-state index in [1.54, 1.807) is 13.8 Å². The van der Waals surface area contributed by atoms with Crippen molar-refractivity contribution in [3.05, 3.63) is 18.2 Å². The van der Waals surface area contributed by atoms with Gasteiger partial charge in [-0.2, -0.15) is 4.31 Å². The molecule has 0 spiro atoms. The Bertz CT molecular complexity index is 814. The number of benzene rings is 1. The minimum atomic E-state index is -3.71. The fraction of sp³-hybridized carbons (Fsp3) is 0.667. The molecule has 0 fully saturated rings. The van der Waals surface area contributed by atoms with Crippen molar-refractivity contribution in [3.63, 3.8) is 0 Å². The van der Waals surface area contributed by atoms with Crippen molar-refractivity contribution in [2.75, 3.05) is 23.6 Å². The Hall–Kier alpha value is -1.32. The number of hydrogen-bond donors (Lipinski definition) is 1. The van der Waals surface area contributed by atoms with Crippen molar-refractivity contribution < 1.29 is 21.6 Å². The first kappa shape index (κ1) is 23.7. The monoisotopic (exact) mass is 420 g/mol. The zero-order valence-electron chi connectivity index (χ0n) is 17.0. The van der Waals surface area contributed by atoms with Gasteiger partial charge in [0.25, 0.3) is 0 Å². The van der Waals surface area contributed by atoms with Gasteiger partial charge in [-0.25, -0.2) is 16.8 Å². The molecule has 27 heavy (non-hydrogen) atoms. The molecule has 0 unspecified atom stereocenters. The van der Waals surface area contributed by atoms with Gasteiger partial charge in [-0.05, 0) is 44.4 Å². The van der Waals surface area contributed by atoms with Crippen LogP contribution < -0.4 is 9.46 Å². The smallest absolute Gasteiger partial charge is 0.243 e. The highest BCUT2D eigenvalue weighted by atomic mass is 32.2. The minimum absolute atomic E-state index is 0.0314. The largest absolute Gasteiger partial charge is 0.489 e. The molecule has 1 aromatic rings. The summed E-state index contributed by atoms with van der Waals surface area (Å²) in [5.74, 6) is 0.498. The van der Waals surface area contributed by atoms with Crippen molar-refractivity contribution in [2.24, 2.45) is 5.92 Å².